The van der Waals surface area contributed by atoms with Gasteiger partial charge < -0.3 is 0 Å². The first kappa shape index (κ1) is 22.7. The predicted molar refractivity (Wildman–Crippen MR) is 129 cm³/mol. The van der Waals surface area contributed by atoms with Gasteiger partial charge in [0.2, 0.25) is 0 Å². The van der Waals surface area contributed by atoms with Crippen molar-refractivity contribution in [2.75, 3.05) is 0 Å². The molecule has 4 rings (SSSR count). The zero-order valence-electron chi connectivity index (χ0n) is 18.8. The SMILES string of the molecule is Cc1ccc[c]([Al-]([c]2cccc(C)c2)([c]2cccc(C)c2)[c]2cccc(C)c2)c1.[Li+]. The summed E-state index contributed by atoms with van der Waals surface area (Å²) in [5, 5.41) is 0. The Morgan fingerprint density at radius 2 is 0.633 bits per heavy atom. The van der Waals surface area contributed by atoms with E-state index in [1.165, 1.54) is 40.0 Å². The van der Waals surface area contributed by atoms with Crippen molar-refractivity contribution in [3.63, 3.8) is 0 Å². The van der Waals surface area contributed by atoms with Crippen LogP contribution >= 0.6 is 0 Å². The van der Waals surface area contributed by atoms with E-state index in [1.54, 1.807) is 0 Å². The molecule has 0 aromatic heterocycles. The topological polar surface area (TPSA) is 0 Å². The van der Waals surface area contributed by atoms with Crippen molar-refractivity contribution < 1.29 is 18.9 Å². The van der Waals surface area contributed by atoms with Crippen LogP contribution < -0.4 is 36.6 Å². The molecular formula is C28H28AlLi. The average Bonchev–Trinajstić information content (AvgIpc) is 2.69. The van der Waals surface area contributed by atoms with Crippen molar-refractivity contribution in [1.82, 2.24) is 0 Å². The fourth-order valence-electron chi connectivity index (χ4n) is 4.91. The molecule has 30 heavy (non-hydrogen) atoms. The Bertz CT molecular complexity index is 975. The Labute approximate surface area is 195 Å². The van der Waals surface area contributed by atoms with Gasteiger partial charge in [0.15, 0.2) is 0 Å². The molecule has 0 heterocycles. The summed E-state index contributed by atoms with van der Waals surface area (Å²) in [5.74, 6) is 0. The molecule has 0 amide bonds. The van der Waals surface area contributed by atoms with E-state index in [1.807, 2.05) is 0 Å². The summed E-state index contributed by atoms with van der Waals surface area (Å²) in [7, 11) is 0. The first-order valence-electron chi connectivity index (χ1n) is 10.4. The molecule has 0 aliphatic heterocycles. The van der Waals surface area contributed by atoms with Gasteiger partial charge in [0.1, 0.15) is 0 Å². The van der Waals surface area contributed by atoms with E-state index in [4.69, 9.17) is 0 Å². The number of rotatable bonds is 4. The van der Waals surface area contributed by atoms with Crippen LogP contribution in [0, 0.1) is 27.7 Å². The van der Waals surface area contributed by atoms with Gasteiger partial charge in [0.25, 0.3) is 13.1 Å². The van der Waals surface area contributed by atoms with Gasteiger partial charge in [-0.1, -0.05) is 70.8 Å². The largest absolute Gasteiger partial charge is 1.00 e. The van der Waals surface area contributed by atoms with Crippen LogP contribution in [-0.4, -0.2) is 13.1 Å². The van der Waals surface area contributed by atoms with Crippen LogP contribution in [0.25, 0.3) is 0 Å². The van der Waals surface area contributed by atoms with Crippen LogP contribution in [0.2, 0.25) is 0 Å². The van der Waals surface area contributed by atoms with Gasteiger partial charge in [-0.2, -0.15) is 0 Å². The summed E-state index contributed by atoms with van der Waals surface area (Å²) in [6.45, 7) is 8.82. The molecule has 4 aromatic rings. The normalized spacial score (nSPS) is 11.1. The van der Waals surface area contributed by atoms with E-state index >= 15 is 0 Å². The molecule has 0 bridgehead atoms. The van der Waals surface area contributed by atoms with Crippen molar-refractivity contribution in [2.24, 2.45) is 0 Å². The molecular weight excluding hydrogens is 370 g/mol. The molecule has 0 saturated carbocycles. The van der Waals surface area contributed by atoms with Crippen LogP contribution in [0.4, 0.5) is 0 Å². The number of hydrogen-bond donors (Lipinski definition) is 0. The maximum Gasteiger partial charge on any atom is 1.00 e. The van der Waals surface area contributed by atoms with E-state index in [9.17, 15) is 0 Å². The van der Waals surface area contributed by atoms with Crippen molar-refractivity contribution in [1.29, 1.82) is 0 Å². The first-order chi connectivity index (χ1) is 14.0. The minimum Gasteiger partial charge on any atom is -0.218 e. The second kappa shape index (κ2) is 9.43. The molecule has 0 aliphatic rings. The van der Waals surface area contributed by atoms with Crippen LogP contribution in [0.15, 0.2) is 97.1 Å². The van der Waals surface area contributed by atoms with E-state index in [0.29, 0.717) is 0 Å². The summed E-state index contributed by atoms with van der Waals surface area (Å²) in [6.07, 6.45) is 0. The Morgan fingerprint density at radius 3 is 0.833 bits per heavy atom. The fraction of sp³-hybridized carbons (Fsp3) is 0.143. The van der Waals surface area contributed by atoms with Crippen LogP contribution in [0.1, 0.15) is 22.3 Å². The monoisotopic (exact) mass is 398 g/mol. The predicted octanol–water partition coefficient (Wildman–Crippen LogP) is 1.30. The van der Waals surface area contributed by atoms with Crippen molar-refractivity contribution in [3.8, 4) is 0 Å². The van der Waals surface area contributed by atoms with Gasteiger partial charge in [-0.05, 0) is 27.7 Å². The second-order valence-electron chi connectivity index (χ2n) is 8.52. The molecule has 4 aromatic carbocycles. The molecule has 2 heteroatoms. The minimum atomic E-state index is -2.84. The zero-order chi connectivity index (χ0) is 20.4. The Morgan fingerprint density at radius 1 is 0.400 bits per heavy atom. The summed E-state index contributed by atoms with van der Waals surface area (Å²) in [6, 6.07) is 36.8. The van der Waals surface area contributed by atoms with E-state index < -0.39 is 13.1 Å². The third kappa shape index (κ3) is 4.23. The van der Waals surface area contributed by atoms with Gasteiger partial charge in [0, 0.05) is 0 Å². The standard InChI is InChI=1S/4C7H7.Al.Li/c4*1-7-5-3-2-4-6-7;;/h4*2-3,5-6H,1H3;;/q;;;;-1;+1. The summed E-state index contributed by atoms with van der Waals surface area (Å²) in [5.41, 5.74) is 5.28. The maximum atomic E-state index is 2.41. The van der Waals surface area contributed by atoms with Gasteiger partial charge >= 0.3 is 18.9 Å². The number of hydrogen-bond acceptors (Lipinski definition) is 0. The molecule has 0 aliphatic carbocycles. The van der Waals surface area contributed by atoms with Gasteiger partial charge in [0.05, 0.1) is 0 Å². The smallest absolute Gasteiger partial charge is 0.218 e. The summed E-state index contributed by atoms with van der Waals surface area (Å²) >= 11 is -2.84. The molecule has 0 radical (unpaired) electrons. The van der Waals surface area contributed by atoms with Crippen LogP contribution in [-0.2, 0) is 0 Å². The van der Waals surface area contributed by atoms with Crippen molar-refractivity contribution >= 4 is 30.8 Å². The first-order valence-corrected chi connectivity index (χ1v) is 12.7. The van der Waals surface area contributed by atoms with E-state index in [2.05, 4.69) is 125 Å². The molecule has 0 saturated heterocycles. The third-order valence-corrected chi connectivity index (χ3v) is 11.6. The van der Waals surface area contributed by atoms with Crippen molar-refractivity contribution in [3.05, 3.63) is 119 Å². The Kier molecular flexibility index (Phi) is 7.14. The molecule has 0 spiro atoms. The molecule has 0 fully saturated rings. The quantitative estimate of drug-likeness (QED) is 0.455. The van der Waals surface area contributed by atoms with Crippen LogP contribution in [0.5, 0.6) is 0 Å². The van der Waals surface area contributed by atoms with Crippen molar-refractivity contribution in [2.45, 2.75) is 27.7 Å². The number of aryl methyl sites for hydroxylation is 4. The second-order valence-corrected chi connectivity index (χ2v) is 12.9. The molecule has 144 valence electrons. The molecule has 0 N–H and O–H groups in total. The molecule has 0 atom stereocenters. The van der Waals surface area contributed by atoms with Gasteiger partial charge in [-0.15, -0.1) is 48.5 Å². The Balaban J connectivity index is 0.00000256. The van der Waals surface area contributed by atoms with E-state index in [-0.39, 0.29) is 18.9 Å². The minimum absolute atomic E-state index is 0. The van der Waals surface area contributed by atoms with Crippen LogP contribution in [0.3, 0.4) is 0 Å². The summed E-state index contributed by atoms with van der Waals surface area (Å²) in [4.78, 5) is 0. The zero-order valence-corrected chi connectivity index (χ0v) is 20.0. The van der Waals surface area contributed by atoms with Gasteiger partial charge in [-0.3, -0.25) is 0 Å². The van der Waals surface area contributed by atoms with Gasteiger partial charge in [-0.25, -0.2) is 17.7 Å². The fourth-order valence-corrected chi connectivity index (χ4v) is 10.9. The maximum absolute atomic E-state index is 2.84. The summed E-state index contributed by atoms with van der Waals surface area (Å²) < 4.78 is 5.89. The Hall–Kier alpha value is -1.99. The van der Waals surface area contributed by atoms with E-state index in [0.717, 1.165) is 0 Å². The number of benzene rings is 4. The average molecular weight is 398 g/mol. The third-order valence-electron chi connectivity index (χ3n) is 6.17. The molecule has 0 unspecified atom stereocenters. The molecule has 0 nitrogen and oxygen atoms in total.